The summed E-state index contributed by atoms with van der Waals surface area (Å²) in [6, 6.07) is 15.7. The minimum Gasteiger partial charge on any atom is -0.508 e. The summed E-state index contributed by atoms with van der Waals surface area (Å²) in [7, 11) is 0. The number of piperazine rings is 1. The SMILES string of the molecule is C#CCN1C[C@H](C)N([C@H](c2cccc(O)c2)c2ccccc2C(=O)N(CC)CC)C[C@H]1C. The Labute approximate surface area is 192 Å². The van der Waals surface area contributed by atoms with Gasteiger partial charge in [-0.15, -0.1) is 6.42 Å². The van der Waals surface area contributed by atoms with Crippen LogP contribution in [-0.2, 0) is 0 Å². The topological polar surface area (TPSA) is 47.0 Å². The van der Waals surface area contributed by atoms with E-state index >= 15 is 0 Å². The molecule has 0 aliphatic carbocycles. The van der Waals surface area contributed by atoms with Crippen molar-refractivity contribution in [2.75, 3.05) is 32.7 Å². The van der Waals surface area contributed by atoms with Crippen molar-refractivity contribution in [3.05, 3.63) is 65.2 Å². The van der Waals surface area contributed by atoms with Gasteiger partial charge in [0.25, 0.3) is 5.91 Å². The molecule has 0 saturated carbocycles. The van der Waals surface area contributed by atoms with Crippen LogP contribution in [0, 0.1) is 12.3 Å². The number of amides is 1. The fourth-order valence-electron chi connectivity index (χ4n) is 4.78. The Morgan fingerprint density at radius 2 is 1.84 bits per heavy atom. The van der Waals surface area contributed by atoms with E-state index in [2.05, 4.69) is 35.6 Å². The molecule has 3 atom stereocenters. The van der Waals surface area contributed by atoms with Crippen LogP contribution in [0.3, 0.4) is 0 Å². The first-order valence-electron chi connectivity index (χ1n) is 11.5. The maximum atomic E-state index is 13.4. The van der Waals surface area contributed by atoms with Crippen LogP contribution >= 0.6 is 0 Å². The molecule has 1 heterocycles. The molecule has 1 aliphatic heterocycles. The van der Waals surface area contributed by atoms with Gasteiger partial charge >= 0.3 is 0 Å². The number of phenols is 1. The third-order valence-corrected chi connectivity index (χ3v) is 6.51. The van der Waals surface area contributed by atoms with E-state index in [-0.39, 0.29) is 29.8 Å². The molecule has 1 fully saturated rings. The summed E-state index contributed by atoms with van der Waals surface area (Å²) in [5.74, 6) is 3.05. The largest absolute Gasteiger partial charge is 0.508 e. The average Bonchev–Trinajstić information content (AvgIpc) is 2.78. The Kier molecular flexibility index (Phi) is 7.95. The number of carbonyl (C=O) groups is 1. The zero-order valence-electron chi connectivity index (χ0n) is 19.7. The lowest BCUT2D eigenvalue weighted by atomic mass is 9.90. The molecule has 0 radical (unpaired) electrons. The Morgan fingerprint density at radius 3 is 2.50 bits per heavy atom. The van der Waals surface area contributed by atoms with E-state index in [0.717, 1.165) is 29.8 Å². The zero-order chi connectivity index (χ0) is 23.3. The second kappa shape index (κ2) is 10.7. The second-order valence-corrected chi connectivity index (χ2v) is 8.59. The molecule has 0 unspecified atom stereocenters. The van der Waals surface area contributed by atoms with Crippen molar-refractivity contribution < 1.29 is 9.90 Å². The Bertz CT molecular complexity index is 963. The standard InChI is InChI=1S/C27H35N3O2/c1-6-16-29-18-21(5)30(19-20(29)4)26(22-12-11-13-23(31)17-22)24-14-9-10-15-25(24)27(32)28(7-2)8-3/h1,9-15,17,20-21,26,31H,7-8,16,18-19H2,2-5H3/t20-,21+,26-/m1/s1. The molecule has 0 spiro atoms. The first-order chi connectivity index (χ1) is 15.4. The Morgan fingerprint density at radius 1 is 1.12 bits per heavy atom. The van der Waals surface area contributed by atoms with Crippen LogP contribution in [-0.4, -0.2) is 70.5 Å². The van der Waals surface area contributed by atoms with E-state index in [1.54, 1.807) is 6.07 Å². The van der Waals surface area contributed by atoms with E-state index in [9.17, 15) is 9.90 Å². The van der Waals surface area contributed by atoms with Crippen LogP contribution < -0.4 is 0 Å². The number of hydrogen-bond acceptors (Lipinski definition) is 4. The molecule has 0 aromatic heterocycles. The molecule has 2 aromatic rings. The quantitative estimate of drug-likeness (QED) is 0.671. The van der Waals surface area contributed by atoms with Gasteiger partial charge in [0.1, 0.15) is 5.75 Å². The summed E-state index contributed by atoms with van der Waals surface area (Å²) < 4.78 is 0. The lowest BCUT2D eigenvalue weighted by Gasteiger charge is -2.47. The minimum absolute atomic E-state index is 0.0439. The van der Waals surface area contributed by atoms with Gasteiger partial charge in [0, 0.05) is 43.8 Å². The van der Waals surface area contributed by atoms with Crippen molar-refractivity contribution in [1.82, 2.24) is 14.7 Å². The molecule has 5 heteroatoms. The van der Waals surface area contributed by atoms with E-state index in [1.807, 2.05) is 55.1 Å². The number of phenolic OH excluding ortho intramolecular Hbond substituents is 1. The summed E-state index contributed by atoms with van der Waals surface area (Å²) >= 11 is 0. The average molecular weight is 434 g/mol. The molecule has 3 rings (SSSR count). The first kappa shape index (κ1) is 23.8. The van der Waals surface area contributed by atoms with Crippen LogP contribution in [0.5, 0.6) is 5.75 Å². The van der Waals surface area contributed by atoms with Gasteiger partial charge in [-0.2, -0.15) is 0 Å². The number of terminal acetylenes is 1. The maximum absolute atomic E-state index is 13.4. The third-order valence-electron chi connectivity index (χ3n) is 6.51. The highest BCUT2D eigenvalue weighted by Gasteiger charge is 2.36. The molecular formula is C27H35N3O2. The number of nitrogens with zero attached hydrogens (tertiary/aromatic N) is 3. The predicted octanol–water partition coefficient (Wildman–Crippen LogP) is 3.99. The van der Waals surface area contributed by atoms with Crippen molar-refractivity contribution in [2.45, 2.75) is 45.8 Å². The Balaban J connectivity index is 2.11. The van der Waals surface area contributed by atoms with Crippen molar-refractivity contribution >= 4 is 5.91 Å². The van der Waals surface area contributed by atoms with Gasteiger partial charge in [0.15, 0.2) is 0 Å². The second-order valence-electron chi connectivity index (χ2n) is 8.59. The van der Waals surface area contributed by atoms with Crippen molar-refractivity contribution in [3.63, 3.8) is 0 Å². The van der Waals surface area contributed by atoms with Crippen LogP contribution in [0.1, 0.15) is 55.2 Å². The highest BCUT2D eigenvalue weighted by atomic mass is 16.3. The van der Waals surface area contributed by atoms with Crippen molar-refractivity contribution in [3.8, 4) is 18.1 Å². The maximum Gasteiger partial charge on any atom is 0.254 e. The molecule has 170 valence electrons. The van der Waals surface area contributed by atoms with Crippen LogP contribution in [0.25, 0.3) is 0 Å². The summed E-state index contributed by atoms with van der Waals surface area (Å²) in [6.07, 6.45) is 5.59. The highest BCUT2D eigenvalue weighted by Crippen LogP contribution is 2.36. The van der Waals surface area contributed by atoms with E-state index < -0.39 is 0 Å². The molecule has 1 amide bonds. The van der Waals surface area contributed by atoms with Crippen molar-refractivity contribution in [2.24, 2.45) is 0 Å². The number of carbonyl (C=O) groups excluding carboxylic acids is 1. The van der Waals surface area contributed by atoms with Gasteiger partial charge in [0.2, 0.25) is 0 Å². The lowest BCUT2D eigenvalue weighted by Crippen LogP contribution is -2.57. The molecular weight excluding hydrogens is 398 g/mol. The first-order valence-corrected chi connectivity index (χ1v) is 11.5. The van der Waals surface area contributed by atoms with E-state index in [1.165, 1.54) is 0 Å². The van der Waals surface area contributed by atoms with E-state index in [4.69, 9.17) is 6.42 Å². The van der Waals surface area contributed by atoms with Gasteiger partial charge in [0.05, 0.1) is 12.6 Å². The highest BCUT2D eigenvalue weighted by molar-refractivity contribution is 5.96. The molecule has 5 nitrogen and oxygen atoms in total. The van der Waals surface area contributed by atoms with Crippen molar-refractivity contribution in [1.29, 1.82) is 0 Å². The molecule has 2 aromatic carbocycles. The van der Waals surface area contributed by atoms with Crippen LogP contribution in [0.4, 0.5) is 0 Å². The summed E-state index contributed by atoms with van der Waals surface area (Å²) in [5, 5.41) is 10.3. The molecule has 32 heavy (non-hydrogen) atoms. The summed E-state index contributed by atoms with van der Waals surface area (Å²) in [4.78, 5) is 20.1. The predicted molar refractivity (Wildman–Crippen MR) is 130 cm³/mol. The van der Waals surface area contributed by atoms with Gasteiger partial charge in [-0.3, -0.25) is 14.6 Å². The number of hydrogen-bond donors (Lipinski definition) is 1. The molecule has 0 bridgehead atoms. The molecule has 1 aliphatic rings. The van der Waals surface area contributed by atoms with Crippen LogP contribution in [0.2, 0.25) is 0 Å². The fourth-order valence-corrected chi connectivity index (χ4v) is 4.78. The zero-order valence-corrected chi connectivity index (χ0v) is 19.7. The van der Waals surface area contributed by atoms with Gasteiger partial charge < -0.3 is 10.0 Å². The Hall–Kier alpha value is -2.81. The fraction of sp³-hybridized carbons (Fsp3) is 0.444. The molecule has 1 N–H and O–H groups in total. The number of aromatic hydroxyl groups is 1. The number of rotatable bonds is 7. The summed E-state index contributed by atoms with van der Waals surface area (Å²) in [6.45, 7) is 12.0. The third kappa shape index (κ3) is 4.98. The van der Waals surface area contributed by atoms with Crippen LogP contribution in [0.15, 0.2) is 48.5 Å². The normalized spacial score (nSPS) is 20.5. The monoisotopic (exact) mass is 433 g/mol. The lowest BCUT2D eigenvalue weighted by molar-refractivity contribution is 0.0313. The smallest absolute Gasteiger partial charge is 0.254 e. The minimum atomic E-state index is -0.150. The van der Waals surface area contributed by atoms with E-state index in [0.29, 0.717) is 19.6 Å². The summed E-state index contributed by atoms with van der Waals surface area (Å²) in [5.41, 5.74) is 2.67. The number of benzene rings is 2. The van der Waals surface area contributed by atoms with Gasteiger partial charge in [-0.25, -0.2) is 0 Å². The van der Waals surface area contributed by atoms with Gasteiger partial charge in [-0.1, -0.05) is 36.3 Å². The van der Waals surface area contributed by atoms with Gasteiger partial charge in [-0.05, 0) is 57.0 Å². The molecule has 1 saturated heterocycles.